The second kappa shape index (κ2) is 4.43. The van der Waals surface area contributed by atoms with Gasteiger partial charge in [0.15, 0.2) is 0 Å². The van der Waals surface area contributed by atoms with E-state index in [1.165, 1.54) is 0 Å². The molecule has 0 N–H and O–H groups in total. The number of amides is 1. The van der Waals surface area contributed by atoms with Gasteiger partial charge in [0.25, 0.3) is 0 Å². The normalized spacial score (nSPS) is 21.1. The lowest BCUT2D eigenvalue weighted by atomic mass is 9.87. The molecule has 0 aromatic heterocycles. The summed E-state index contributed by atoms with van der Waals surface area (Å²) < 4.78 is 5.15. The van der Waals surface area contributed by atoms with E-state index in [9.17, 15) is 4.79 Å². The molecular formula is C10H16N2O2. The van der Waals surface area contributed by atoms with Crippen molar-refractivity contribution in [1.82, 2.24) is 4.90 Å². The van der Waals surface area contributed by atoms with Crippen molar-refractivity contribution in [2.24, 2.45) is 5.41 Å². The van der Waals surface area contributed by atoms with E-state index in [0.29, 0.717) is 32.7 Å². The first-order chi connectivity index (χ1) is 6.64. The minimum Gasteiger partial charge on any atom is -0.378 e. The third-order valence-electron chi connectivity index (χ3n) is 2.72. The summed E-state index contributed by atoms with van der Waals surface area (Å²) in [6.07, 6.45) is 0.555. The van der Waals surface area contributed by atoms with Crippen LogP contribution in [-0.4, -0.2) is 37.1 Å². The van der Waals surface area contributed by atoms with Crippen molar-refractivity contribution < 1.29 is 9.53 Å². The molecule has 0 aliphatic carbocycles. The van der Waals surface area contributed by atoms with Gasteiger partial charge in [0, 0.05) is 13.1 Å². The molecule has 0 aromatic carbocycles. The fraction of sp³-hybridized carbons (Fsp3) is 0.800. The summed E-state index contributed by atoms with van der Waals surface area (Å²) in [5.41, 5.74) is -0.864. The molecule has 1 aliphatic heterocycles. The standard InChI is InChI=1S/C10H16N2O2/c1-3-10(2,8-11)9(13)12-4-6-14-7-5-12/h3-7H2,1-2H3. The number of morpholine rings is 1. The predicted molar refractivity (Wildman–Crippen MR) is 51.4 cm³/mol. The van der Waals surface area contributed by atoms with E-state index in [1.54, 1.807) is 11.8 Å². The maximum atomic E-state index is 11.9. The summed E-state index contributed by atoms with van der Waals surface area (Å²) in [5, 5.41) is 8.96. The van der Waals surface area contributed by atoms with Gasteiger partial charge in [0.2, 0.25) is 5.91 Å². The summed E-state index contributed by atoms with van der Waals surface area (Å²) >= 11 is 0. The molecule has 78 valence electrons. The molecule has 1 aliphatic rings. The van der Waals surface area contributed by atoms with Gasteiger partial charge in [0.1, 0.15) is 5.41 Å². The molecule has 1 saturated heterocycles. The minimum atomic E-state index is -0.864. The molecule has 1 unspecified atom stereocenters. The van der Waals surface area contributed by atoms with Gasteiger partial charge in [-0.3, -0.25) is 4.79 Å². The average molecular weight is 196 g/mol. The predicted octanol–water partition coefficient (Wildman–Crippen LogP) is 0.785. The molecule has 0 spiro atoms. The zero-order valence-corrected chi connectivity index (χ0v) is 8.75. The Hall–Kier alpha value is -1.08. The Morgan fingerprint density at radius 3 is 2.57 bits per heavy atom. The number of hydrogen-bond acceptors (Lipinski definition) is 3. The van der Waals surface area contributed by atoms with E-state index in [4.69, 9.17) is 10.00 Å². The summed E-state index contributed by atoms with van der Waals surface area (Å²) in [5.74, 6) is -0.0641. The molecule has 4 heteroatoms. The highest BCUT2D eigenvalue weighted by molar-refractivity contribution is 5.85. The van der Waals surface area contributed by atoms with Crippen LogP contribution >= 0.6 is 0 Å². The van der Waals surface area contributed by atoms with Crippen LogP contribution in [0.1, 0.15) is 20.3 Å². The van der Waals surface area contributed by atoms with Crippen molar-refractivity contribution in [3.63, 3.8) is 0 Å². The number of hydrogen-bond donors (Lipinski definition) is 0. The van der Waals surface area contributed by atoms with Crippen LogP contribution in [0.25, 0.3) is 0 Å². The van der Waals surface area contributed by atoms with Crippen molar-refractivity contribution in [3.8, 4) is 6.07 Å². The van der Waals surface area contributed by atoms with Crippen LogP contribution < -0.4 is 0 Å². The maximum Gasteiger partial charge on any atom is 0.242 e. The molecule has 1 heterocycles. The fourth-order valence-corrected chi connectivity index (χ4v) is 1.39. The average Bonchev–Trinajstić information content (AvgIpc) is 2.28. The van der Waals surface area contributed by atoms with Crippen molar-refractivity contribution in [2.45, 2.75) is 20.3 Å². The molecular weight excluding hydrogens is 180 g/mol. The zero-order valence-electron chi connectivity index (χ0n) is 8.75. The van der Waals surface area contributed by atoms with Gasteiger partial charge in [-0.15, -0.1) is 0 Å². The van der Waals surface area contributed by atoms with E-state index < -0.39 is 5.41 Å². The highest BCUT2D eigenvalue weighted by Gasteiger charge is 2.35. The van der Waals surface area contributed by atoms with E-state index in [0.717, 1.165) is 0 Å². The number of carbonyl (C=O) groups is 1. The largest absolute Gasteiger partial charge is 0.378 e. The molecule has 0 saturated carbocycles. The van der Waals surface area contributed by atoms with Gasteiger partial charge in [-0.25, -0.2) is 0 Å². The minimum absolute atomic E-state index is 0.0641. The molecule has 14 heavy (non-hydrogen) atoms. The number of ether oxygens (including phenoxy) is 1. The quantitative estimate of drug-likeness (QED) is 0.656. The van der Waals surface area contributed by atoms with Crippen molar-refractivity contribution in [1.29, 1.82) is 5.26 Å². The summed E-state index contributed by atoms with van der Waals surface area (Å²) in [7, 11) is 0. The fourth-order valence-electron chi connectivity index (χ4n) is 1.39. The van der Waals surface area contributed by atoms with Gasteiger partial charge in [-0.2, -0.15) is 5.26 Å². The molecule has 1 rings (SSSR count). The number of rotatable bonds is 2. The van der Waals surface area contributed by atoms with Crippen LogP contribution in [-0.2, 0) is 9.53 Å². The lowest BCUT2D eigenvalue weighted by molar-refractivity contribution is -0.142. The lowest BCUT2D eigenvalue weighted by Crippen LogP contribution is -2.47. The Labute approximate surface area is 84.4 Å². The van der Waals surface area contributed by atoms with Gasteiger partial charge in [-0.1, -0.05) is 6.92 Å². The third kappa shape index (κ3) is 2.05. The summed E-state index contributed by atoms with van der Waals surface area (Å²) in [6, 6.07) is 2.09. The van der Waals surface area contributed by atoms with Crippen LogP contribution in [0.5, 0.6) is 0 Å². The zero-order chi connectivity index (χ0) is 10.6. The number of nitrogens with zero attached hydrogens (tertiary/aromatic N) is 2. The van der Waals surface area contributed by atoms with Gasteiger partial charge < -0.3 is 9.64 Å². The Bertz CT molecular complexity index is 253. The van der Waals surface area contributed by atoms with Crippen molar-refractivity contribution >= 4 is 5.91 Å². The SMILES string of the molecule is CCC(C)(C#N)C(=O)N1CCOCC1. The highest BCUT2D eigenvalue weighted by Crippen LogP contribution is 2.23. The Kier molecular flexibility index (Phi) is 3.48. The first-order valence-corrected chi connectivity index (χ1v) is 4.92. The molecule has 1 fully saturated rings. The molecule has 0 aromatic rings. The molecule has 0 radical (unpaired) electrons. The topological polar surface area (TPSA) is 53.3 Å². The number of carbonyl (C=O) groups excluding carboxylic acids is 1. The van der Waals surface area contributed by atoms with Crippen LogP contribution in [0.3, 0.4) is 0 Å². The Morgan fingerprint density at radius 1 is 1.57 bits per heavy atom. The van der Waals surface area contributed by atoms with E-state index in [-0.39, 0.29) is 5.91 Å². The van der Waals surface area contributed by atoms with E-state index in [2.05, 4.69) is 6.07 Å². The second-order valence-corrected chi connectivity index (χ2v) is 3.70. The smallest absolute Gasteiger partial charge is 0.242 e. The van der Waals surface area contributed by atoms with Crippen LogP contribution in [0.15, 0.2) is 0 Å². The first-order valence-electron chi connectivity index (χ1n) is 4.92. The maximum absolute atomic E-state index is 11.9. The Morgan fingerprint density at radius 2 is 2.14 bits per heavy atom. The van der Waals surface area contributed by atoms with Crippen LogP contribution in [0, 0.1) is 16.7 Å². The Balaban J connectivity index is 2.67. The first kappa shape index (κ1) is 11.0. The lowest BCUT2D eigenvalue weighted by Gasteiger charge is -2.32. The van der Waals surface area contributed by atoms with Gasteiger partial charge in [0.05, 0.1) is 19.3 Å². The highest BCUT2D eigenvalue weighted by atomic mass is 16.5. The van der Waals surface area contributed by atoms with Crippen LogP contribution in [0.2, 0.25) is 0 Å². The van der Waals surface area contributed by atoms with E-state index >= 15 is 0 Å². The van der Waals surface area contributed by atoms with Crippen molar-refractivity contribution in [3.05, 3.63) is 0 Å². The van der Waals surface area contributed by atoms with E-state index in [1.807, 2.05) is 6.92 Å². The summed E-state index contributed by atoms with van der Waals surface area (Å²) in [4.78, 5) is 13.6. The van der Waals surface area contributed by atoms with Gasteiger partial charge >= 0.3 is 0 Å². The summed E-state index contributed by atoms with van der Waals surface area (Å²) in [6.45, 7) is 5.94. The molecule has 1 amide bonds. The van der Waals surface area contributed by atoms with Crippen molar-refractivity contribution in [2.75, 3.05) is 26.3 Å². The number of nitriles is 1. The van der Waals surface area contributed by atoms with Crippen LogP contribution in [0.4, 0.5) is 0 Å². The molecule has 1 atom stereocenters. The third-order valence-corrected chi connectivity index (χ3v) is 2.72. The second-order valence-electron chi connectivity index (χ2n) is 3.70. The molecule has 4 nitrogen and oxygen atoms in total. The van der Waals surface area contributed by atoms with Gasteiger partial charge in [-0.05, 0) is 13.3 Å². The molecule has 0 bridgehead atoms. The monoisotopic (exact) mass is 196 g/mol.